The van der Waals surface area contributed by atoms with E-state index in [-0.39, 0.29) is 11.0 Å². The number of hydrogen-bond donors (Lipinski definition) is 4. The normalized spacial score (nSPS) is 14.7. The Labute approximate surface area is 187 Å². The smallest absolute Gasteiger partial charge is 0.335 e. The molecular formula is C20H27NO8S2. The zero-order valence-corrected chi connectivity index (χ0v) is 18.6. The summed E-state index contributed by atoms with van der Waals surface area (Å²) in [6.07, 6.45) is -1.05. The lowest BCUT2D eigenvalue weighted by Crippen LogP contribution is -2.39. The van der Waals surface area contributed by atoms with Crippen LogP contribution in [0.1, 0.15) is 17.5 Å². The number of benzene rings is 1. The molecule has 0 radical (unpaired) electrons. The van der Waals surface area contributed by atoms with Gasteiger partial charge in [-0.3, -0.25) is 0 Å². The van der Waals surface area contributed by atoms with E-state index in [2.05, 4.69) is 60.8 Å². The Kier molecular flexibility index (Phi) is 12.3. The highest BCUT2D eigenvalue weighted by Gasteiger charge is 2.29. The van der Waals surface area contributed by atoms with Crippen LogP contribution in [0.5, 0.6) is 0 Å². The first-order valence-corrected chi connectivity index (χ1v) is 10.4. The zero-order chi connectivity index (χ0) is 21.6. The highest BCUT2D eigenvalue weighted by molar-refractivity contribution is 8.01. The van der Waals surface area contributed by atoms with Crippen LogP contribution in [0, 0.1) is 0 Å². The maximum absolute atomic E-state index is 9.77. The fourth-order valence-corrected chi connectivity index (χ4v) is 4.74. The lowest BCUT2D eigenvalue weighted by Gasteiger charge is -2.19. The Morgan fingerprint density at radius 2 is 1.58 bits per heavy atom. The Bertz CT molecular complexity index is 879. The number of aliphatic hydroxyl groups is 2. The number of carboxylic acids is 2. The van der Waals surface area contributed by atoms with Gasteiger partial charge in [0.05, 0.1) is 4.21 Å². The van der Waals surface area contributed by atoms with Crippen molar-refractivity contribution in [1.82, 2.24) is 4.90 Å². The molecule has 0 aliphatic carbocycles. The average Bonchev–Trinajstić information content (AvgIpc) is 3.14. The third kappa shape index (κ3) is 7.74. The van der Waals surface area contributed by atoms with Crippen LogP contribution < -0.4 is 0 Å². The van der Waals surface area contributed by atoms with Crippen LogP contribution in [0.4, 0.5) is 0 Å². The predicted molar refractivity (Wildman–Crippen MR) is 120 cm³/mol. The van der Waals surface area contributed by atoms with E-state index < -0.39 is 24.1 Å². The van der Waals surface area contributed by atoms with Crippen LogP contribution in [0.3, 0.4) is 0 Å². The van der Waals surface area contributed by atoms with Crippen molar-refractivity contribution in [3.05, 3.63) is 52.9 Å². The van der Waals surface area contributed by atoms with Crippen LogP contribution >= 0.6 is 23.1 Å². The largest absolute Gasteiger partial charge is 0.479 e. The summed E-state index contributed by atoms with van der Waals surface area (Å²) in [5, 5.41) is 34.7. The molecule has 31 heavy (non-hydrogen) atoms. The summed E-state index contributed by atoms with van der Waals surface area (Å²) in [6.45, 7) is 1.10. The van der Waals surface area contributed by atoms with Gasteiger partial charge in [-0.05, 0) is 49.2 Å². The summed E-state index contributed by atoms with van der Waals surface area (Å²) in [5.41, 5.74) is 4.21. The molecule has 1 aliphatic heterocycles. The summed E-state index contributed by atoms with van der Waals surface area (Å²) in [5.74, 6) is -3.54. The second-order valence-corrected chi connectivity index (χ2v) is 8.72. The van der Waals surface area contributed by atoms with E-state index in [1.54, 1.807) is 0 Å². The fraction of sp³-hybridized carbons (Fsp3) is 0.300. The van der Waals surface area contributed by atoms with Crippen molar-refractivity contribution >= 4 is 40.6 Å². The second-order valence-electron chi connectivity index (χ2n) is 6.50. The molecule has 2 atom stereocenters. The van der Waals surface area contributed by atoms with Crippen molar-refractivity contribution in [2.24, 2.45) is 0 Å². The molecule has 1 aromatic carbocycles. The van der Waals surface area contributed by atoms with Crippen LogP contribution in [-0.2, 0) is 9.59 Å². The standard InChI is InChI=1S/C16H17NS2.C4H6O6.2H2O/c1-17(2)10-5-7-12-13-6-3-4-8-15(13)19-16-14(12)9-11-18-16;5-1(3(7)8)2(6)4(9)10;;/h3-4,6-9,11H,5,10H2,1-2H3;1-2,5-6H,(H,7,8)(H,9,10);2*1H2/b12-7-;;;. The van der Waals surface area contributed by atoms with Crippen molar-refractivity contribution in [2.45, 2.75) is 27.7 Å². The van der Waals surface area contributed by atoms with Gasteiger partial charge in [0.15, 0.2) is 12.2 Å². The lowest BCUT2D eigenvalue weighted by atomic mass is 9.98. The molecule has 2 heterocycles. The molecule has 1 aromatic heterocycles. The van der Waals surface area contributed by atoms with Gasteiger partial charge in [-0.1, -0.05) is 36.0 Å². The average molecular weight is 474 g/mol. The topological polar surface area (TPSA) is 181 Å². The molecule has 9 nitrogen and oxygen atoms in total. The third-order valence-electron chi connectivity index (χ3n) is 4.03. The lowest BCUT2D eigenvalue weighted by molar-refractivity contribution is -0.165. The van der Waals surface area contributed by atoms with Crippen LogP contribution in [0.15, 0.2) is 50.9 Å². The minimum Gasteiger partial charge on any atom is -0.479 e. The molecule has 0 bridgehead atoms. The molecule has 0 fully saturated rings. The summed E-state index contributed by atoms with van der Waals surface area (Å²) < 4.78 is 1.43. The molecule has 1 aliphatic rings. The minimum absolute atomic E-state index is 0. The molecule has 8 N–H and O–H groups in total. The first-order chi connectivity index (χ1) is 13.7. The minimum atomic E-state index is -2.27. The Morgan fingerprint density at radius 3 is 2.13 bits per heavy atom. The molecule has 3 rings (SSSR count). The number of carboxylic acid groups (broad SMARTS) is 2. The second kappa shape index (κ2) is 13.2. The number of fused-ring (bicyclic) bond motifs is 2. The van der Waals surface area contributed by atoms with Gasteiger partial charge in [-0.2, -0.15) is 0 Å². The van der Waals surface area contributed by atoms with Crippen molar-refractivity contribution in [3.8, 4) is 0 Å². The Balaban J connectivity index is 0.000000654. The van der Waals surface area contributed by atoms with Gasteiger partial charge >= 0.3 is 11.9 Å². The van der Waals surface area contributed by atoms with Gasteiger partial charge in [0, 0.05) is 17.0 Å². The number of nitrogens with zero attached hydrogens (tertiary/aromatic N) is 1. The van der Waals surface area contributed by atoms with Gasteiger partial charge in [-0.25, -0.2) is 9.59 Å². The van der Waals surface area contributed by atoms with Crippen molar-refractivity contribution in [3.63, 3.8) is 0 Å². The SMILES string of the molecule is CN(C)CC/C=C1/c2ccccc2Sc2sccc21.O.O.O=C(O)C(O)C(O)C(=O)O. The highest BCUT2D eigenvalue weighted by atomic mass is 32.2. The maximum Gasteiger partial charge on any atom is 0.335 e. The van der Waals surface area contributed by atoms with E-state index in [0.717, 1.165) is 13.0 Å². The Hall–Kier alpha value is -2.25. The monoisotopic (exact) mass is 473 g/mol. The Morgan fingerprint density at radius 1 is 1.00 bits per heavy atom. The maximum atomic E-state index is 9.77. The van der Waals surface area contributed by atoms with Crippen molar-refractivity contribution < 1.29 is 41.0 Å². The number of aliphatic hydroxyl groups excluding tert-OH is 2. The molecule has 2 aromatic rings. The summed E-state index contributed by atoms with van der Waals surface area (Å²) in [7, 11) is 4.25. The molecule has 0 amide bonds. The van der Waals surface area contributed by atoms with Crippen LogP contribution in [0.2, 0.25) is 0 Å². The number of carbonyl (C=O) groups is 2. The summed E-state index contributed by atoms with van der Waals surface area (Å²) in [4.78, 5) is 23.2. The van der Waals surface area contributed by atoms with E-state index in [1.165, 1.54) is 25.8 Å². The van der Waals surface area contributed by atoms with E-state index >= 15 is 0 Å². The van der Waals surface area contributed by atoms with Gasteiger partial charge in [0.25, 0.3) is 0 Å². The first-order valence-electron chi connectivity index (χ1n) is 8.74. The molecule has 2 unspecified atom stereocenters. The molecular weight excluding hydrogens is 446 g/mol. The number of thiophene rings is 1. The van der Waals surface area contributed by atoms with Gasteiger partial charge in [-0.15, -0.1) is 11.3 Å². The van der Waals surface area contributed by atoms with Gasteiger partial charge in [0.1, 0.15) is 0 Å². The van der Waals surface area contributed by atoms with Crippen molar-refractivity contribution in [2.75, 3.05) is 20.6 Å². The predicted octanol–water partition coefficient (Wildman–Crippen LogP) is 0.824. The van der Waals surface area contributed by atoms with Crippen LogP contribution in [-0.4, -0.2) is 81.1 Å². The molecule has 11 heteroatoms. The number of rotatable bonds is 6. The molecule has 0 saturated carbocycles. The zero-order valence-electron chi connectivity index (χ0n) is 17.0. The summed E-state index contributed by atoms with van der Waals surface area (Å²) >= 11 is 3.74. The van der Waals surface area contributed by atoms with Crippen molar-refractivity contribution in [1.29, 1.82) is 0 Å². The number of aliphatic carboxylic acids is 2. The van der Waals surface area contributed by atoms with Gasteiger partial charge < -0.3 is 36.3 Å². The van der Waals surface area contributed by atoms with Crippen LogP contribution in [0.25, 0.3) is 5.57 Å². The van der Waals surface area contributed by atoms with E-state index in [0.29, 0.717) is 0 Å². The third-order valence-corrected chi connectivity index (χ3v) is 6.26. The molecule has 0 spiro atoms. The quantitative estimate of drug-likeness (QED) is 0.406. The first kappa shape index (κ1) is 28.8. The highest BCUT2D eigenvalue weighted by Crippen LogP contribution is 2.47. The van der Waals surface area contributed by atoms with Gasteiger partial charge in [0.2, 0.25) is 0 Å². The number of hydrogen-bond acceptors (Lipinski definition) is 7. The van der Waals surface area contributed by atoms with E-state index in [9.17, 15) is 9.59 Å². The molecule has 172 valence electrons. The van der Waals surface area contributed by atoms with E-state index in [1.807, 2.05) is 23.1 Å². The fourth-order valence-electron chi connectivity index (χ4n) is 2.55. The molecule has 0 saturated heterocycles. The van der Waals surface area contributed by atoms with E-state index in [4.69, 9.17) is 20.4 Å². The summed E-state index contributed by atoms with van der Waals surface area (Å²) in [6, 6.07) is 11.0.